The lowest BCUT2D eigenvalue weighted by molar-refractivity contribution is -0.143. The number of benzene rings is 1. The summed E-state index contributed by atoms with van der Waals surface area (Å²) in [6.07, 6.45) is 3.79. The second kappa shape index (κ2) is 7.03. The van der Waals surface area contributed by atoms with Gasteiger partial charge >= 0.3 is 0 Å². The van der Waals surface area contributed by atoms with Crippen LogP contribution in [0.4, 0.5) is 4.39 Å². The summed E-state index contributed by atoms with van der Waals surface area (Å²) in [4.78, 5) is 14.7. The van der Waals surface area contributed by atoms with Crippen molar-refractivity contribution in [3.05, 3.63) is 35.6 Å². The minimum Gasteiger partial charge on any atom is -0.341 e. The van der Waals surface area contributed by atoms with Gasteiger partial charge in [-0.2, -0.15) is 0 Å². The van der Waals surface area contributed by atoms with Crippen LogP contribution < -0.4 is 5.32 Å². The van der Waals surface area contributed by atoms with E-state index in [1.165, 1.54) is 12.1 Å². The Morgan fingerprint density at radius 3 is 2.48 bits per heavy atom. The highest BCUT2D eigenvalue weighted by Crippen LogP contribution is 2.36. The van der Waals surface area contributed by atoms with Gasteiger partial charge in [-0.3, -0.25) is 4.79 Å². The first-order valence-corrected chi connectivity index (χ1v) is 7.78. The van der Waals surface area contributed by atoms with Crippen molar-refractivity contribution in [2.24, 2.45) is 5.41 Å². The fraction of sp³-hybridized carbons (Fsp3) is 0.588. The maximum atomic E-state index is 12.9. The molecule has 0 aromatic heterocycles. The van der Waals surface area contributed by atoms with Gasteiger partial charge in [-0.1, -0.05) is 25.5 Å². The molecule has 1 amide bonds. The zero-order chi connectivity index (χ0) is 15.3. The summed E-state index contributed by atoms with van der Waals surface area (Å²) in [6.45, 7) is 4.50. The molecule has 3 nitrogen and oxygen atoms in total. The predicted octanol–water partition coefficient (Wildman–Crippen LogP) is 2.95. The van der Waals surface area contributed by atoms with E-state index in [1.807, 2.05) is 7.05 Å². The monoisotopic (exact) mass is 292 g/mol. The summed E-state index contributed by atoms with van der Waals surface area (Å²) in [7, 11) is 1.85. The molecule has 1 aromatic carbocycles. The van der Waals surface area contributed by atoms with Crippen LogP contribution in [0.3, 0.4) is 0 Å². The Bertz CT molecular complexity index is 461. The van der Waals surface area contributed by atoms with E-state index in [1.54, 1.807) is 17.0 Å². The minimum atomic E-state index is -0.242. The third-order valence-corrected chi connectivity index (χ3v) is 4.42. The lowest BCUT2D eigenvalue weighted by atomic mass is 9.74. The number of halogens is 1. The maximum absolute atomic E-state index is 12.9. The van der Waals surface area contributed by atoms with Gasteiger partial charge in [0.2, 0.25) is 5.91 Å². The summed E-state index contributed by atoms with van der Waals surface area (Å²) in [6, 6.07) is 6.38. The van der Waals surface area contributed by atoms with Crippen molar-refractivity contribution in [1.29, 1.82) is 0 Å². The normalized spacial score (nSPS) is 17.5. The van der Waals surface area contributed by atoms with E-state index in [0.717, 1.165) is 44.3 Å². The molecule has 0 aliphatic carbocycles. The van der Waals surface area contributed by atoms with E-state index in [-0.39, 0.29) is 17.1 Å². The molecule has 0 bridgehead atoms. The summed E-state index contributed by atoms with van der Waals surface area (Å²) in [5.41, 5.74) is 0.752. The molecule has 0 saturated carbocycles. The molecule has 1 saturated heterocycles. The molecular weight excluding hydrogens is 267 g/mol. The van der Waals surface area contributed by atoms with Gasteiger partial charge in [0, 0.05) is 13.6 Å². The zero-order valence-electron chi connectivity index (χ0n) is 13.0. The number of nitrogens with zero attached hydrogens (tertiary/aromatic N) is 1. The van der Waals surface area contributed by atoms with Gasteiger partial charge in [-0.25, -0.2) is 4.39 Å². The third kappa shape index (κ3) is 3.82. The van der Waals surface area contributed by atoms with Gasteiger partial charge in [0.25, 0.3) is 0 Å². The number of hydrogen-bond donors (Lipinski definition) is 1. The van der Waals surface area contributed by atoms with Gasteiger partial charge in [-0.05, 0) is 50.0 Å². The van der Waals surface area contributed by atoms with Gasteiger partial charge in [0.15, 0.2) is 0 Å². The van der Waals surface area contributed by atoms with Gasteiger partial charge in [0.1, 0.15) is 5.82 Å². The average Bonchev–Trinajstić information content (AvgIpc) is 2.50. The minimum absolute atomic E-state index is 0.214. The van der Waals surface area contributed by atoms with Crippen molar-refractivity contribution in [3.63, 3.8) is 0 Å². The maximum Gasteiger partial charge on any atom is 0.228 e. The zero-order valence-corrected chi connectivity index (χ0v) is 13.0. The number of amides is 1. The largest absolute Gasteiger partial charge is 0.341 e. The van der Waals surface area contributed by atoms with Crippen LogP contribution in [0.15, 0.2) is 24.3 Å². The summed E-state index contributed by atoms with van der Waals surface area (Å²) in [5, 5.41) is 3.34. The van der Waals surface area contributed by atoms with Gasteiger partial charge in [-0.15, -0.1) is 0 Å². The molecular formula is C17H25FN2O. The van der Waals surface area contributed by atoms with Crippen molar-refractivity contribution >= 4 is 5.91 Å². The third-order valence-electron chi connectivity index (χ3n) is 4.42. The van der Waals surface area contributed by atoms with Crippen molar-refractivity contribution < 1.29 is 9.18 Å². The Labute approximate surface area is 126 Å². The smallest absolute Gasteiger partial charge is 0.228 e. The molecule has 1 heterocycles. The first-order chi connectivity index (χ1) is 10.1. The second-order valence-corrected chi connectivity index (χ2v) is 6.07. The van der Waals surface area contributed by atoms with Gasteiger partial charge < -0.3 is 10.2 Å². The summed E-state index contributed by atoms with van der Waals surface area (Å²) < 4.78 is 12.9. The number of piperidine rings is 1. The number of nitrogens with one attached hydrogen (secondary N) is 1. The molecule has 1 fully saturated rings. The summed E-state index contributed by atoms with van der Waals surface area (Å²) >= 11 is 0. The Morgan fingerprint density at radius 1 is 1.29 bits per heavy atom. The first-order valence-electron chi connectivity index (χ1n) is 7.78. The fourth-order valence-corrected chi connectivity index (χ4v) is 3.30. The molecule has 4 heteroatoms. The Morgan fingerprint density at radius 2 is 1.90 bits per heavy atom. The number of carbonyl (C=O) groups excluding carboxylic acids is 1. The van der Waals surface area contributed by atoms with E-state index in [4.69, 9.17) is 0 Å². The standard InChI is InChI=1S/C17H25FN2O/c1-3-8-17(9-11-19-12-10-17)16(21)20(2)13-14-4-6-15(18)7-5-14/h4-7,19H,3,8-13H2,1-2H3. The van der Waals surface area contributed by atoms with Crippen LogP contribution in [0.5, 0.6) is 0 Å². The molecule has 2 rings (SSSR count). The van der Waals surface area contributed by atoms with E-state index in [9.17, 15) is 9.18 Å². The SMILES string of the molecule is CCCC1(C(=O)N(C)Cc2ccc(F)cc2)CCNCC1. The summed E-state index contributed by atoms with van der Waals surface area (Å²) in [5.74, 6) is -0.0105. The molecule has 1 aliphatic heterocycles. The van der Waals surface area contributed by atoms with Crippen LogP contribution in [0.2, 0.25) is 0 Å². The Hall–Kier alpha value is -1.42. The highest BCUT2D eigenvalue weighted by molar-refractivity contribution is 5.82. The van der Waals surface area contributed by atoms with E-state index < -0.39 is 0 Å². The fourth-order valence-electron chi connectivity index (χ4n) is 3.30. The van der Waals surface area contributed by atoms with E-state index in [2.05, 4.69) is 12.2 Å². The van der Waals surface area contributed by atoms with Gasteiger partial charge in [0.05, 0.1) is 5.41 Å². The molecule has 0 atom stereocenters. The van der Waals surface area contributed by atoms with Crippen LogP contribution in [0.1, 0.15) is 38.2 Å². The molecule has 0 unspecified atom stereocenters. The highest BCUT2D eigenvalue weighted by atomic mass is 19.1. The molecule has 1 aromatic rings. The van der Waals surface area contributed by atoms with Crippen LogP contribution >= 0.6 is 0 Å². The molecule has 1 aliphatic rings. The van der Waals surface area contributed by atoms with E-state index >= 15 is 0 Å². The second-order valence-electron chi connectivity index (χ2n) is 6.07. The molecule has 116 valence electrons. The number of rotatable bonds is 5. The molecule has 21 heavy (non-hydrogen) atoms. The Balaban J connectivity index is 2.07. The van der Waals surface area contributed by atoms with Crippen molar-refractivity contribution in [2.75, 3.05) is 20.1 Å². The molecule has 1 N–H and O–H groups in total. The van der Waals surface area contributed by atoms with Crippen LogP contribution in [0, 0.1) is 11.2 Å². The van der Waals surface area contributed by atoms with Crippen LogP contribution in [-0.2, 0) is 11.3 Å². The highest BCUT2D eigenvalue weighted by Gasteiger charge is 2.40. The van der Waals surface area contributed by atoms with Crippen LogP contribution in [-0.4, -0.2) is 30.9 Å². The molecule has 0 radical (unpaired) electrons. The lowest BCUT2D eigenvalue weighted by Gasteiger charge is -2.39. The van der Waals surface area contributed by atoms with Crippen molar-refractivity contribution in [1.82, 2.24) is 10.2 Å². The Kier molecular flexibility index (Phi) is 5.34. The predicted molar refractivity (Wildman–Crippen MR) is 82.3 cm³/mol. The van der Waals surface area contributed by atoms with Crippen molar-refractivity contribution in [3.8, 4) is 0 Å². The lowest BCUT2D eigenvalue weighted by Crippen LogP contribution is -2.47. The number of carbonyl (C=O) groups is 1. The van der Waals surface area contributed by atoms with E-state index in [0.29, 0.717) is 6.54 Å². The number of hydrogen-bond acceptors (Lipinski definition) is 2. The quantitative estimate of drug-likeness (QED) is 0.905. The van der Waals surface area contributed by atoms with Crippen molar-refractivity contribution in [2.45, 2.75) is 39.2 Å². The van der Waals surface area contributed by atoms with Crippen LogP contribution in [0.25, 0.3) is 0 Å². The average molecular weight is 292 g/mol. The first kappa shape index (κ1) is 16.0. The topological polar surface area (TPSA) is 32.3 Å². The molecule has 0 spiro atoms.